The molecule has 4 nitrogen and oxygen atoms in total. The summed E-state index contributed by atoms with van der Waals surface area (Å²) in [5.74, 6) is 0.128. The van der Waals surface area contributed by atoms with Gasteiger partial charge in [-0.2, -0.15) is 4.37 Å². The maximum atomic E-state index is 13.0. The lowest BCUT2D eigenvalue weighted by Gasteiger charge is -2.35. The van der Waals surface area contributed by atoms with Crippen molar-refractivity contribution in [3.05, 3.63) is 39.9 Å². The summed E-state index contributed by atoms with van der Waals surface area (Å²) in [4.78, 5) is 17.4. The van der Waals surface area contributed by atoms with Crippen molar-refractivity contribution in [2.24, 2.45) is 0 Å². The minimum atomic E-state index is 0.128. The van der Waals surface area contributed by atoms with Crippen molar-refractivity contribution in [1.82, 2.24) is 14.2 Å². The number of thioether (sulfide) groups is 2. The zero-order chi connectivity index (χ0) is 17.8. The van der Waals surface area contributed by atoms with E-state index in [0.29, 0.717) is 0 Å². The fraction of sp³-hybridized carbons (Fsp3) is 0.412. The Morgan fingerprint density at radius 3 is 2.56 bits per heavy atom. The van der Waals surface area contributed by atoms with E-state index in [1.165, 1.54) is 17.1 Å². The summed E-state index contributed by atoms with van der Waals surface area (Å²) >= 11 is 8.20. The van der Waals surface area contributed by atoms with Crippen molar-refractivity contribution >= 4 is 56.9 Å². The number of halogens is 1. The lowest BCUT2D eigenvalue weighted by molar-refractivity contribution is 0.0622. The summed E-state index contributed by atoms with van der Waals surface area (Å²) in [7, 11) is 0. The second-order valence-electron chi connectivity index (χ2n) is 5.72. The summed E-state index contributed by atoms with van der Waals surface area (Å²) in [5, 5.41) is 0.856. The normalized spacial score (nSPS) is 15.6. The topological polar surface area (TPSA) is 36.4 Å². The van der Waals surface area contributed by atoms with Crippen LogP contribution < -0.4 is 0 Å². The number of hydrogen-bond donors (Lipinski definition) is 0. The molecule has 0 saturated carbocycles. The number of piperazine rings is 1. The molecule has 0 bridgehead atoms. The summed E-state index contributed by atoms with van der Waals surface area (Å²) in [5.41, 5.74) is 2.09. The molecule has 25 heavy (non-hydrogen) atoms. The van der Waals surface area contributed by atoms with Crippen LogP contribution in [0.25, 0.3) is 0 Å². The third kappa shape index (κ3) is 4.42. The lowest BCUT2D eigenvalue weighted by atomic mass is 10.2. The number of amides is 1. The van der Waals surface area contributed by atoms with E-state index in [9.17, 15) is 4.79 Å². The highest BCUT2D eigenvalue weighted by atomic mass is 79.9. The first kappa shape index (κ1) is 19.2. The van der Waals surface area contributed by atoms with E-state index in [1.54, 1.807) is 23.5 Å². The molecule has 1 aromatic carbocycles. The number of aromatic nitrogens is 1. The lowest BCUT2D eigenvalue weighted by Crippen LogP contribution is -2.48. The van der Waals surface area contributed by atoms with E-state index >= 15 is 0 Å². The van der Waals surface area contributed by atoms with Crippen molar-refractivity contribution in [2.45, 2.75) is 15.8 Å². The van der Waals surface area contributed by atoms with Crippen LogP contribution >= 0.6 is 51.0 Å². The third-order valence-electron chi connectivity index (χ3n) is 4.23. The molecule has 0 radical (unpaired) electrons. The van der Waals surface area contributed by atoms with E-state index < -0.39 is 0 Å². The van der Waals surface area contributed by atoms with Gasteiger partial charge in [0.25, 0.3) is 5.91 Å². The monoisotopic (exact) mass is 457 g/mol. The predicted molar refractivity (Wildman–Crippen MR) is 111 cm³/mol. The minimum absolute atomic E-state index is 0.128. The van der Waals surface area contributed by atoms with Crippen molar-refractivity contribution in [1.29, 1.82) is 0 Å². The molecular weight excluding hydrogens is 438 g/mol. The fourth-order valence-corrected chi connectivity index (χ4v) is 5.53. The average Bonchev–Trinajstić information content (AvgIpc) is 3.07. The van der Waals surface area contributed by atoms with Crippen molar-refractivity contribution in [3.63, 3.8) is 0 Å². The highest BCUT2D eigenvalue weighted by Gasteiger charge is 2.27. The third-order valence-corrected chi connectivity index (χ3v) is 7.75. The zero-order valence-corrected chi connectivity index (χ0v) is 18.2. The van der Waals surface area contributed by atoms with Gasteiger partial charge in [-0.1, -0.05) is 34.1 Å². The van der Waals surface area contributed by atoms with Crippen LogP contribution in [0, 0.1) is 0 Å². The van der Waals surface area contributed by atoms with E-state index in [4.69, 9.17) is 0 Å². The van der Waals surface area contributed by atoms with Crippen molar-refractivity contribution in [2.75, 3.05) is 38.7 Å². The molecule has 0 N–H and O–H groups in total. The first-order chi connectivity index (χ1) is 12.1. The van der Waals surface area contributed by atoms with Gasteiger partial charge in [0, 0.05) is 37.2 Å². The Morgan fingerprint density at radius 2 is 1.92 bits per heavy atom. The van der Waals surface area contributed by atoms with Crippen LogP contribution in [0.1, 0.15) is 15.9 Å². The molecule has 134 valence electrons. The van der Waals surface area contributed by atoms with E-state index in [-0.39, 0.29) is 5.91 Å². The quantitative estimate of drug-likeness (QED) is 0.625. The summed E-state index contributed by atoms with van der Waals surface area (Å²) in [6.07, 6.45) is 3.98. The number of carbonyl (C=O) groups is 1. The molecule has 2 heterocycles. The minimum Gasteiger partial charge on any atom is -0.336 e. The Balaban J connectivity index is 1.63. The number of rotatable bonds is 5. The van der Waals surface area contributed by atoms with Gasteiger partial charge in [-0.15, -0.1) is 23.5 Å². The predicted octanol–water partition coefficient (Wildman–Crippen LogP) is 4.31. The molecule has 1 aliphatic rings. The van der Waals surface area contributed by atoms with E-state index in [2.05, 4.69) is 43.4 Å². The van der Waals surface area contributed by atoms with Gasteiger partial charge in [-0.3, -0.25) is 9.69 Å². The Hall–Kier alpha value is -0.540. The second kappa shape index (κ2) is 8.90. The molecule has 0 unspecified atom stereocenters. The van der Waals surface area contributed by atoms with Gasteiger partial charge >= 0.3 is 0 Å². The van der Waals surface area contributed by atoms with Gasteiger partial charge in [0.2, 0.25) is 0 Å². The van der Waals surface area contributed by atoms with Gasteiger partial charge in [0.1, 0.15) is 5.03 Å². The second-order valence-corrected chi connectivity index (χ2v) is 9.22. The smallest absolute Gasteiger partial charge is 0.258 e. The molecule has 1 fully saturated rings. The van der Waals surface area contributed by atoms with Crippen LogP contribution in [0.5, 0.6) is 0 Å². The molecule has 1 aromatic heterocycles. The highest BCUT2D eigenvalue weighted by molar-refractivity contribution is 9.10. The SMILES string of the molecule is CSc1nsc(SC)c1C(=O)N1CCN(Cc2ccccc2Br)CC1. The summed E-state index contributed by atoms with van der Waals surface area (Å²) in [6.45, 7) is 4.23. The molecule has 2 aromatic rings. The Labute approximate surface area is 169 Å². The van der Waals surface area contributed by atoms with Gasteiger partial charge in [-0.05, 0) is 35.7 Å². The maximum absolute atomic E-state index is 13.0. The fourth-order valence-electron chi connectivity index (χ4n) is 2.85. The van der Waals surface area contributed by atoms with E-state index in [1.807, 2.05) is 23.5 Å². The summed E-state index contributed by atoms with van der Waals surface area (Å²) < 4.78 is 6.59. The standard InChI is InChI=1S/C17H20BrN3OS3/c1-23-15-14(17(24-2)25-19-15)16(22)21-9-7-20(8-10-21)11-12-5-3-4-6-13(12)18/h3-6H,7-11H2,1-2H3. The molecule has 1 saturated heterocycles. The number of nitrogens with zero attached hydrogens (tertiary/aromatic N) is 3. The first-order valence-corrected chi connectivity index (χ1v) is 12.0. The Bertz CT molecular complexity index is 723. The largest absolute Gasteiger partial charge is 0.336 e. The Morgan fingerprint density at radius 1 is 1.20 bits per heavy atom. The molecule has 0 spiro atoms. The van der Waals surface area contributed by atoms with Gasteiger partial charge in [-0.25, -0.2) is 0 Å². The number of benzene rings is 1. The van der Waals surface area contributed by atoms with Gasteiger partial charge < -0.3 is 4.90 Å². The van der Waals surface area contributed by atoms with Crippen LogP contribution in [-0.2, 0) is 6.54 Å². The molecule has 1 aliphatic heterocycles. The molecule has 3 rings (SSSR count). The summed E-state index contributed by atoms with van der Waals surface area (Å²) in [6, 6.07) is 8.32. The van der Waals surface area contributed by atoms with Crippen LogP contribution in [-0.4, -0.2) is 58.8 Å². The van der Waals surface area contributed by atoms with Crippen LogP contribution in [0.2, 0.25) is 0 Å². The average molecular weight is 458 g/mol. The van der Waals surface area contributed by atoms with Gasteiger partial charge in [0.15, 0.2) is 0 Å². The molecule has 0 aliphatic carbocycles. The van der Waals surface area contributed by atoms with Crippen molar-refractivity contribution in [3.8, 4) is 0 Å². The number of carbonyl (C=O) groups excluding carboxylic acids is 1. The van der Waals surface area contributed by atoms with Crippen LogP contribution in [0.15, 0.2) is 38.0 Å². The zero-order valence-electron chi connectivity index (χ0n) is 14.2. The first-order valence-electron chi connectivity index (χ1n) is 7.96. The van der Waals surface area contributed by atoms with E-state index in [0.717, 1.165) is 52.0 Å². The molecular formula is C17H20BrN3OS3. The van der Waals surface area contributed by atoms with Crippen molar-refractivity contribution < 1.29 is 4.79 Å². The van der Waals surface area contributed by atoms with Crippen LogP contribution in [0.3, 0.4) is 0 Å². The molecule has 0 atom stereocenters. The molecule has 1 amide bonds. The Kier molecular flexibility index (Phi) is 6.85. The number of hydrogen-bond acceptors (Lipinski definition) is 6. The molecule has 8 heteroatoms. The van der Waals surface area contributed by atoms with Gasteiger partial charge in [0.05, 0.1) is 9.77 Å². The maximum Gasteiger partial charge on any atom is 0.258 e. The van der Waals surface area contributed by atoms with Crippen LogP contribution in [0.4, 0.5) is 0 Å². The highest BCUT2D eigenvalue weighted by Crippen LogP contribution is 2.33.